The number of fused-ring (bicyclic) bond motifs is 1. The first-order chi connectivity index (χ1) is 18.2. The fourth-order valence-electron chi connectivity index (χ4n) is 4.42. The summed E-state index contributed by atoms with van der Waals surface area (Å²) in [6.45, 7) is 7.01. The molecule has 4 aromatic rings. The average Bonchev–Trinajstić information content (AvgIpc) is 3.62. The zero-order chi connectivity index (χ0) is 27.0. The van der Waals surface area contributed by atoms with E-state index in [1.54, 1.807) is 12.3 Å². The van der Waals surface area contributed by atoms with Crippen molar-refractivity contribution >= 4 is 56.0 Å². The Kier molecular flexibility index (Phi) is 6.55. The van der Waals surface area contributed by atoms with Gasteiger partial charge in [-0.15, -0.1) is 0 Å². The number of carbonyl (C=O) groups excluding carboxylic acids is 2. The molecule has 38 heavy (non-hydrogen) atoms. The van der Waals surface area contributed by atoms with Crippen molar-refractivity contribution in [2.24, 2.45) is 0 Å². The lowest BCUT2D eigenvalue weighted by Crippen LogP contribution is -2.22. The highest BCUT2D eigenvalue weighted by molar-refractivity contribution is 7.21. The number of rotatable bonds is 7. The zero-order valence-electron chi connectivity index (χ0n) is 21.6. The minimum atomic E-state index is -0.701. The molecule has 1 aliphatic carbocycles. The SMILES string of the molecule is CC(=O)Nc1nc2cnc(N(c3cccc(NC(=O)c4cccc(C(C)(C)C#N)c4C)c3)C3CC3)nc2s1. The van der Waals surface area contributed by atoms with Crippen LogP contribution in [-0.2, 0) is 10.2 Å². The lowest BCUT2D eigenvalue weighted by Gasteiger charge is -2.23. The number of nitriles is 1. The Balaban J connectivity index is 1.43. The van der Waals surface area contributed by atoms with E-state index < -0.39 is 5.41 Å². The van der Waals surface area contributed by atoms with Crippen molar-refractivity contribution in [1.29, 1.82) is 5.26 Å². The van der Waals surface area contributed by atoms with Gasteiger partial charge in [0.25, 0.3) is 5.91 Å². The number of nitrogens with one attached hydrogen (secondary N) is 2. The first-order valence-corrected chi connectivity index (χ1v) is 13.1. The second-order valence-electron chi connectivity index (χ2n) is 9.88. The molecule has 1 fully saturated rings. The predicted molar refractivity (Wildman–Crippen MR) is 149 cm³/mol. The van der Waals surface area contributed by atoms with Gasteiger partial charge in [-0.2, -0.15) is 10.2 Å². The number of carbonyl (C=O) groups is 2. The first kappa shape index (κ1) is 25.3. The third-order valence-electron chi connectivity index (χ3n) is 6.46. The Morgan fingerprint density at radius 2 is 1.89 bits per heavy atom. The van der Waals surface area contributed by atoms with Gasteiger partial charge < -0.3 is 15.5 Å². The standard InChI is InChI=1S/C28H27N7O2S/c1-16-21(9-6-10-22(16)28(3,4)15-29)24(37)32-18-7-5-8-20(13-18)35(19-11-12-19)26-30-14-23-25(34-26)38-27(33-23)31-17(2)36/h5-10,13-14,19H,11-12H2,1-4H3,(H,32,37)(H,31,33,36). The number of thiazole rings is 1. The minimum absolute atomic E-state index is 0.189. The van der Waals surface area contributed by atoms with Crippen LogP contribution in [0.4, 0.5) is 22.5 Å². The Morgan fingerprint density at radius 3 is 2.61 bits per heavy atom. The van der Waals surface area contributed by atoms with Crippen LogP contribution in [0.5, 0.6) is 0 Å². The zero-order valence-corrected chi connectivity index (χ0v) is 22.4. The molecule has 0 atom stereocenters. The molecule has 0 unspecified atom stereocenters. The van der Waals surface area contributed by atoms with Crippen LogP contribution in [0.3, 0.4) is 0 Å². The number of aromatic nitrogens is 3. The second-order valence-corrected chi connectivity index (χ2v) is 10.9. The van der Waals surface area contributed by atoms with E-state index in [0.29, 0.717) is 32.7 Å². The Bertz CT molecular complexity index is 1600. The normalized spacial score (nSPS) is 13.1. The van der Waals surface area contributed by atoms with Gasteiger partial charge in [-0.25, -0.2) is 9.97 Å². The van der Waals surface area contributed by atoms with Crippen LogP contribution in [0.2, 0.25) is 0 Å². The van der Waals surface area contributed by atoms with Crippen molar-refractivity contribution in [3.8, 4) is 6.07 Å². The van der Waals surface area contributed by atoms with E-state index in [9.17, 15) is 14.9 Å². The van der Waals surface area contributed by atoms with E-state index in [1.165, 1.54) is 18.3 Å². The summed E-state index contributed by atoms with van der Waals surface area (Å²) < 4.78 is 0. The molecule has 1 aliphatic rings. The van der Waals surface area contributed by atoms with Crippen molar-refractivity contribution in [2.75, 3.05) is 15.5 Å². The van der Waals surface area contributed by atoms with Crippen molar-refractivity contribution in [1.82, 2.24) is 15.0 Å². The molecule has 2 aromatic heterocycles. The van der Waals surface area contributed by atoms with Crippen LogP contribution in [0, 0.1) is 18.3 Å². The van der Waals surface area contributed by atoms with Crippen molar-refractivity contribution in [3.05, 3.63) is 65.4 Å². The van der Waals surface area contributed by atoms with Gasteiger partial charge >= 0.3 is 0 Å². The number of hydrogen-bond acceptors (Lipinski definition) is 8. The van der Waals surface area contributed by atoms with Gasteiger partial charge in [0.05, 0.1) is 17.7 Å². The summed E-state index contributed by atoms with van der Waals surface area (Å²) in [6, 6.07) is 15.7. The summed E-state index contributed by atoms with van der Waals surface area (Å²) >= 11 is 1.30. The van der Waals surface area contributed by atoms with Crippen molar-refractivity contribution in [2.45, 2.75) is 52.0 Å². The summed E-state index contributed by atoms with van der Waals surface area (Å²) in [6.07, 6.45) is 3.69. The van der Waals surface area contributed by atoms with Gasteiger partial charge in [0, 0.05) is 29.9 Å². The molecule has 2 heterocycles. The van der Waals surface area contributed by atoms with Gasteiger partial charge in [0.1, 0.15) is 5.52 Å². The van der Waals surface area contributed by atoms with E-state index in [4.69, 9.17) is 4.98 Å². The quantitative estimate of drug-likeness (QED) is 0.317. The third kappa shape index (κ3) is 5.06. The molecule has 5 rings (SSSR count). The monoisotopic (exact) mass is 525 g/mol. The Labute approximate surface area is 224 Å². The van der Waals surface area contributed by atoms with E-state index >= 15 is 0 Å². The number of hydrogen-bond donors (Lipinski definition) is 2. The van der Waals surface area contributed by atoms with Crippen LogP contribution in [-0.4, -0.2) is 32.8 Å². The molecule has 9 nitrogen and oxygen atoms in total. The van der Waals surface area contributed by atoms with Crippen molar-refractivity contribution < 1.29 is 9.59 Å². The molecular formula is C28H27N7O2S. The molecule has 10 heteroatoms. The van der Waals surface area contributed by atoms with Gasteiger partial charge in [-0.1, -0.05) is 29.5 Å². The largest absolute Gasteiger partial charge is 0.322 e. The molecule has 0 aliphatic heterocycles. The molecule has 0 saturated heterocycles. The summed E-state index contributed by atoms with van der Waals surface area (Å²) in [5.74, 6) is 0.122. The summed E-state index contributed by atoms with van der Waals surface area (Å²) in [7, 11) is 0. The maximum Gasteiger partial charge on any atom is 0.255 e. The lowest BCUT2D eigenvalue weighted by molar-refractivity contribution is -0.114. The van der Waals surface area contributed by atoms with Crippen LogP contribution < -0.4 is 15.5 Å². The highest BCUT2D eigenvalue weighted by atomic mass is 32.1. The third-order valence-corrected chi connectivity index (χ3v) is 7.34. The van der Waals surface area contributed by atoms with Crippen LogP contribution in [0.15, 0.2) is 48.7 Å². The maximum atomic E-state index is 13.3. The summed E-state index contributed by atoms with van der Waals surface area (Å²) in [5, 5.41) is 15.8. The molecule has 0 bridgehead atoms. The van der Waals surface area contributed by atoms with Crippen LogP contribution in [0.1, 0.15) is 55.1 Å². The van der Waals surface area contributed by atoms with Gasteiger partial charge in [-0.3, -0.25) is 9.59 Å². The van der Waals surface area contributed by atoms with Gasteiger partial charge in [-0.05, 0) is 69.0 Å². The average molecular weight is 526 g/mol. The first-order valence-electron chi connectivity index (χ1n) is 12.3. The molecule has 192 valence electrons. The smallest absolute Gasteiger partial charge is 0.255 e. The molecule has 1 saturated carbocycles. The van der Waals surface area contributed by atoms with Gasteiger partial charge in [0.15, 0.2) is 9.96 Å². The lowest BCUT2D eigenvalue weighted by atomic mass is 9.82. The molecule has 0 radical (unpaired) electrons. The molecule has 2 amide bonds. The summed E-state index contributed by atoms with van der Waals surface area (Å²) in [4.78, 5) is 41.1. The second kappa shape index (κ2) is 9.84. The Morgan fingerprint density at radius 1 is 1.13 bits per heavy atom. The van der Waals surface area contributed by atoms with E-state index in [-0.39, 0.29) is 17.9 Å². The topological polar surface area (TPSA) is 124 Å². The fourth-order valence-corrected chi connectivity index (χ4v) is 5.27. The highest BCUT2D eigenvalue weighted by Crippen LogP contribution is 2.38. The number of amides is 2. The number of benzene rings is 2. The maximum absolute atomic E-state index is 13.3. The molecule has 0 spiro atoms. The van der Waals surface area contributed by atoms with Crippen LogP contribution >= 0.6 is 11.3 Å². The van der Waals surface area contributed by atoms with E-state index in [1.807, 2.05) is 57.2 Å². The van der Waals surface area contributed by atoms with E-state index in [0.717, 1.165) is 29.7 Å². The summed E-state index contributed by atoms with van der Waals surface area (Å²) in [5.41, 5.74) is 3.59. The molecular weight excluding hydrogens is 498 g/mol. The van der Waals surface area contributed by atoms with Gasteiger partial charge in [0.2, 0.25) is 11.9 Å². The Hall–Kier alpha value is -4.36. The predicted octanol–water partition coefficient (Wildman–Crippen LogP) is 5.71. The van der Waals surface area contributed by atoms with Crippen molar-refractivity contribution in [3.63, 3.8) is 0 Å². The van der Waals surface area contributed by atoms with E-state index in [2.05, 4.69) is 31.6 Å². The number of anilines is 4. The van der Waals surface area contributed by atoms with Crippen LogP contribution in [0.25, 0.3) is 10.3 Å². The number of nitrogens with zero attached hydrogens (tertiary/aromatic N) is 5. The minimum Gasteiger partial charge on any atom is -0.322 e. The molecule has 2 aromatic carbocycles. The highest BCUT2D eigenvalue weighted by Gasteiger charge is 2.33. The molecule has 2 N–H and O–H groups in total. The fraction of sp³-hybridized carbons (Fsp3) is 0.286.